The van der Waals surface area contributed by atoms with Crippen LogP contribution < -0.4 is 0 Å². The lowest BCUT2D eigenvalue weighted by molar-refractivity contribution is -0.110. The molecular formula is C4H8O2. The van der Waals surface area contributed by atoms with Crippen LogP contribution in [0.5, 0.6) is 0 Å². The molecule has 2 nitrogen and oxygen atoms in total. The van der Waals surface area contributed by atoms with E-state index in [0.29, 0.717) is 6.29 Å². The lowest BCUT2D eigenvalue weighted by Gasteiger charge is -1.54. The molecule has 6 heavy (non-hydrogen) atoms. The number of aldehydes is 1. The lowest BCUT2D eigenvalue weighted by Crippen LogP contribution is -1.75. The monoisotopic (exact) mass is 88.1 g/mol. The minimum absolute atomic E-state index is 0.361. The average Bonchev–Trinajstić information content (AvgIpc) is 1.72. The van der Waals surface area contributed by atoms with Crippen molar-refractivity contribution in [3.8, 4) is 0 Å². The maximum Gasteiger partial charge on any atom is 0.145 e. The Morgan fingerprint density at radius 2 is 1.83 bits per heavy atom. The number of hydrogen-bond donors (Lipinski definition) is 1. The topological polar surface area (TPSA) is 37.3 Å². The van der Waals surface area contributed by atoms with E-state index in [2.05, 4.69) is 13.2 Å². The van der Waals surface area contributed by atoms with Crippen LogP contribution in [0.25, 0.3) is 0 Å². The van der Waals surface area contributed by atoms with E-state index in [-0.39, 0.29) is 6.61 Å². The maximum atomic E-state index is 8.92. The van der Waals surface area contributed by atoms with Gasteiger partial charge in [-0.15, -0.1) is 13.2 Å². The molecule has 0 aromatic carbocycles. The Hall–Kier alpha value is -0.630. The van der Waals surface area contributed by atoms with Crippen molar-refractivity contribution >= 4 is 6.29 Å². The molecule has 0 rings (SSSR count). The van der Waals surface area contributed by atoms with Crippen LogP contribution in [-0.2, 0) is 4.79 Å². The van der Waals surface area contributed by atoms with Gasteiger partial charge in [-0.3, -0.25) is 0 Å². The SMILES string of the molecule is C=C.O=CCO. The van der Waals surface area contributed by atoms with Gasteiger partial charge >= 0.3 is 0 Å². The molecule has 0 aliphatic heterocycles. The first kappa shape index (κ1) is 9.03. The van der Waals surface area contributed by atoms with Gasteiger partial charge in [0, 0.05) is 0 Å². The van der Waals surface area contributed by atoms with Crippen molar-refractivity contribution in [2.75, 3.05) is 6.61 Å². The molecule has 0 fully saturated rings. The third-order valence-corrected chi connectivity index (χ3v) is 0.0745. The number of rotatable bonds is 1. The van der Waals surface area contributed by atoms with Crippen molar-refractivity contribution in [2.45, 2.75) is 0 Å². The summed E-state index contributed by atoms with van der Waals surface area (Å²) >= 11 is 0. The normalized spacial score (nSPS) is 4.83. The van der Waals surface area contributed by atoms with Crippen molar-refractivity contribution in [2.24, 2.45) is 0 Å². The van der Waals surface area contributed by atoms with E-state index in [4.69, 9.17) is 9.90 Å². The van der Waals surface area contributed by atoms with Crippen molar-refractivity contribution < 1.29 is 9.90 Å². The molecular weight excluding hydrogens is 80.0 g/mol. The van der Waals surface area contributed by atoms with Gasteiger partial charge in [-0.05, 0) is 0 Å². The zero-order chi connectivity index (χ0) is 5.41. The summed E-state index contributed by atoms with van der Waals surface area (Å²) in [7, 11) is 0. The fraction of sp³-hybridized carbons (Fsp3) is 0.250. The highest BCUT2D eigenvalue weighted by Gasteiger charge is 1.53. The van der Waals surface area contributed by atoms with Gasteiger partial charge in [0.05, 0.1) is 6.61 Å². The second kappa shape index (κ2) is 26.4. The molecule has 0 amide bonds. The highest BCUT2D eigenvalue weighted by molar-refractivity contribution is 5.49. The molecule has 2 heteroatoms. The predicted molar refractivity (Wildman–Crippen MR) is 24.4 cm³/mol. The Balaban J connectivity index is 0. The predicted octanol–water partition coefficient (Wildman–Crippen LogP) is -0.0202. The smallest absolute Gasteiger partial charge is 0.145 e. The van der Waals surface area contributed by atoms with Gasteiger partial charge in [0.2, 0.25) is 0 Å². The molecule has 1 N–H and O–H groups in total. The molecule has 0 heterocycles. The van der Waals surface area contributed by atoms with Crippen LogP contribution in [-0.4, -0.2) is 18.0 Å². The van der Waals surface area contributed by atoms with Crippen LogP contribution in [0.4, 0.5) is 0 Å². The van der Waals surface area contributed by atoms with Crippen molar-refractivity contribution in [3.63, 3.8) is 0 Å². The van der Waals surface area contributed by atoms with Gasteiger partial charge in [0.1, 0.15) is 6.29 Å². The fourth-order valence-corrected chi connectivity index (χ4v) is 0. The third kappa shape index (κ3) is 138. The van der Waals surface area contributed by atoms with E-state index >= 15 is 0 Å². The number of carbonyl (C=O) groups excluding carboxylic acids is 1. The first-order chi connectivity index (χ1) is 2.91. The number of aliphatic hydroxyl groups is 1. The molecule has 0 aliphatic carbocycles. The summed E-state index contributed by atoms with van der Waals surface area (Å²) < 4.78 is 0. The minimum Gasteiger partial charge on any atom is -0.389 e. The molecule has 0 unspecified atom stereocenters. The number of carbonyl (C=O) groups is 1. The standard InChI is InChI=1S/C2H4O2.C2H4/c3-1-2-4;1-2/h1,4H,2H2;1-2H2. The van der Waals surface area contributed by atoms with Crippen LogP contribution in [0, 0.1) is 0 Å². The van der Waals surface area contributed by atoms with Crippen LogP contribution in [0.3, 0.4) is 0 Å². The summed E-state index contributed by atoms with van der Waals surface area (Å²) in [6.07, 6.45) is 0.431. The Labute approximate surface area is 37.1 Å². The molecule has 36 valence electrons. The molecule has 0 spiro atoms. The molecule has 0 bridgehead atoms. The number of hydrogen-bond acceptors (Lipinski definition) is 2. The van der Waals surface area contributed by atoms with Gasteiger partial charge in [0.25, 0.3) is 0 Å². The molecule has 0 aromatic rings. The van der Waals surface area contributed by atoms with E-state index in [1.165, 1.54) is 0 Å². The summed E-state index contributed by atoms with van der Waals surface area (Å²) in [5.41, 5.74) is 0. The summed E-state index contributed by atoms with van der Waals surface area (Å²) in [6, 6.07) is 0. The van der Waals surface area contributed by atoms with E-state index in [0.717, 1.165) is 0 Å². The maximum absolute atomic E-state index is 8.92. The second-order valence-electron chi connectivity index (χ2n) is 0.349. The summed E-state index contributed by atoms with van der Waals surface area (Å²) in [6.45, 7) is 5.64. The Kier molecular flexibility index (Phi) is 39.8. The fourth-order valence-electron chi connectivity index (χ4n) is 0. The summed E-state index contributed by atoms with van der Waals surface area (Å²) in [5, 5.41) is 7.51. The van der Waals surface area contributed by atoms with Crippen molar-refractivity contribution in [1.82, 2.24) is 0 Å². The molecule has 0 atom stereocenters. The molecule has 0 aliphatic rings. The van der Waals surface area contributed by atoms with Crippen LogP contribution in [0.15, 0.2) is 13.2 Å². The molecule has 0 saturated heterocycles. The van der Waals surface area contributed by atoms with Crippen LogP contribution in [0.1, 0.15) is 0 Å². The van der Waals surface area contributed by atoms with Gasteiger partial charge in [-0.25, -0.2) is 0 Å². The zero-order valence-corrected chi connectivity index (χ0v) is 3.55. The van der Waals surface area contributed by atoms with Crippen LogP contribution in [0.2, 0.25) is 0 Å². The average molecular weight is 88.1 g/mol. The third-order valence-electron chi connectivity index (χ3n) is 0.0745. The minimum atomic E-state index is -0.361. The van der Waals surface area contributed by atoms with Crippen molar-refractivity contribution in [3.05, 3.63) is 13.2 Å². The largest absolute Gasteiger partial charge is 0.389 e. The molecule has 0 aromatic heterocycles. The Morgan fingerprint density at radius 3 is 1.83 bits per heavy atom. The number of aliphatic hydroxyl groups excluding tert-OH is 1. The lowest BCUT2D eigenvalue weighted by atomic mass is 10.9. The molecule has 0 radical (unpaired) electrons. The van der Waals surface area contributed by atoms with E-state index < -0.39 is 0 Å². The highest BCUT2D eigenvalue weighted by atomic mass is 16.3. The van der Waals surface area contributed by atoms with Gasteiger partial charge in [-0.1, -0.05) is 0 Å². The quantitative estimate of drug-likeness (QED) is 0.361. The second-order valence-corrected chi connectivity index (χ2v) is 0.349. The van der Waals surface area contributed by atoms with Gasteiger partial charge in [-0.2, -0.15) is 0 Å². The Bertz CT molecular complexity index is 26.7. The first-order valence-electron chi connectivity index (χ1n) is 1.46. The first-order valence-corrected chi connectivity index (χ1v) is 1.46. The van der Waals surface area contributed by atoms with Gasteiger partial charge < -0.3 is 9.90 Å². The Morgan fingerprint density at radius 1 is 1.67 bits per heavy atom. The zero-order valence-electron chi connectivity index (χ0n) is 3.55. The molecule has 0 saturated carbocycles. The van der Waals surface area contributed by atoms with E-state index in [1.807, 2.05) is 0 Å². The highest BCUT2D eigenvalue weighted by Crippen LogP contribution is 1.27. The van der Waals surface area contributed by atoms with Crippen molar-refractivity contribution in [1.29, 1.82) is 0 Å². The summed E-state index contributed by atoms with van der Waals surface area (Å²) in [5.74, 6) is 0. The van der Waals surface area contributed by atoms with E-state index in [1.54, 1.807) is 0 Å². The van der Waals surface area contributed by atoms with Gasteiger partial charge in [0.15, 0.2) is 0 Å². The van der Waals surface area contributed by atoms with E-state index in [9.17, 15) is 0 Å². The summed E-state index contributed by atoms with van der Waals surface area (Å²) in [4.78, 5) is 8.92. The van der Waals surface area contributed by atoms with Crippen LogP contribution >= 0.6 is 0 Å².